The highest BCUT2D eigenvalue weighted by Crippen LogP contribution is 2.25. The molecule has 3 N–H and O–H groups in total. The molecule has 0 fully saturated rings. The van der Waals surface area contributed by atoms with Crippen molar-refractivity contribution in [3.63, 3.8) is 0 Å². The molecule has 3 heterocycles. The second-order valence-corrected chi connectivity index (χ2v) is 7.58. The molecule has 5 rings (SSSR count). The lowest BCUT2D eigenvalue weighted by Gasteiger charge is -2.11. The number of nitrogens with zero attached hydrogens (tertiary/aromatic N) is 2. The van der Waals surface area contributed by atoms with Crippen LogP contribution < -0.4 is 16.4 Å². The second-order valence-electron chi connectivity index (χ2n) is 7.58. The van der Waals surface area contributed by atoms with Gasteiger partial charge in [0.05, 0.1) is 28.2 Å². The van der Waals surface area contributed by atoms with E-state index >= 15 is 0 Å². The maximum Gasteiger partial charge on any atom is 0.270 e. The van der Waals surface area contributed by atoms with E-state index in [2.05, 4.69) is 25.8 Å². The molecule has 0 atom stereocenters. The molecule has 168 valence electrons. The zero-order chi connectivity index (χ0) is 23.5. The zero-order valence-corrected chi connectivity index (χ0v) is 17.9. The molecular formula is C25H19N5O4. The summed E-state index contributed by atoms with van der Waals surface area (Å²) in [7, 11) is 0. The lowest BCUT2D eigenvalue weighted by molar-refractivity contribution is -0.121. The molecule has 0 bridgehead atoms. The summed E-state index contributed by atoms with van der Waals surface area (Å²) in [6, 6.07) is 19.3. The molecule has 34 heavy (non-hydrogen) atoms. The highest BCUT2D eigenvalue weighted by Gasteiger charge is 2.16. The third kappa shape index (κ3) is 4.26. The summed E-state index contributed by atoms with van der Waals surface area (Å²) < 4.78 is 5.42. The molecule has 0 unspecified atom stereocenters. The van der Waals surface area contributed by atoms with Gasteiger partial charge in [0.1, 0.15) is 11.5 Å². The summed E-state index contributed by atoms with van der Waals surface area (Å²) >= 11 is 0. The predicted octanol–water partition coefficient (Wildman–Crippen LogP) is 3.13. The van der Waals surface area contributed by atoms with Crippen molar-refractivity contribution in [2.75, 3.05) is 0 Å². The number of aromatic amines is 1. The fraction of sp³-hybridized carbons (Fsp3) is 0.0800. The van der Waals surface area contributed by atoms with E-state index in [0.717, 1.165) is 0 Å². The number of para-hydroxylation sites is 2. The van der Waals surface area contributed by atoms with Crippen molar-refractivity contribution in [3.05, 3.63) is 94.7 Å². The number of carbonyl (C=O) groups is 2. The minimum absolute atomic E-state index is 0.0241. The van der Waals surface area contributed by atoms with E-state index in [0.29, 0.717) is 44.6 Å². The highest BCUT2D eigenvalue weighted by molar-refractivity contribution is 6.07. The van der Waals surface area contributed by atoms with Crippen LogP contribution in [-0.4, -0.2) is 26.8 Å². The molecule has 5 aromatic rings. The van der Waals surface area contributed by atoms with Crippen molar-refractivity contribution in [1.29, 1.82) is 0 Å². The number of pyridine rings is 1. The number of amides is 2. The van der Waals surface area contributed by atoms with Gasteiger partial charge in [0.15, 0.2) is 5.76 Å². The van der Waals surface area contributed by atoms with E-state index < -0.39 is 11.8 Å². The standard InChI is InChI=1S/C25H19N5O4/c31-23(12-11-22-27-19-9-4-2-7-16(19)24(32)28-22)29-30-25(33)17-14-20(21-10-5-13-34-21)26-18-8-3-1-6-15(17)18/h1-10,13-14H,11-12H2,(H,29,31)(H,30,33)(H,27,28,32). The number of nitrogens with one attached hydrogen (secondary N) is 3. The SMILES string of the molecule is O=C(CCc1nc2ccccc2c(=O)[nH]1)NNC(=O)c1cc(-c2ccco2)nc2ccccc12. The number of aryl methyl sites for hydroxylation is 1. The first-order valence-electron chi connectivity index (χ1n) is 10.6. The first-order chi connectivity index (χ1) is 16.6. The number of furan rings is 1. The molecule has 0 radical (unpaired) electrons. The maximum atomic E-state index is 12.9. The quantitative estimate of drug-likeness (QED) is 0.351. The number of rotatable bonds is 5. The van der Waals surface area contributed by atoms with Crippen LogP contribution in [0.5, 0.6) is 0 Å². The Morgan fingerprint density at radius 1 is 0.882 bits per heavy atom. The number of hydrazine groups is 1. The van der Waals surface area contributed by atoms with Gasteiger partial charge in [0.25, 0.3) is 11.5 Å². The van der Waals surface area contributed by atoms with Crippen molar-refractivity contribution in [2.45, 2.75) is 12.8 Å². The summed E-state index contributed by atoms with van der Waals surface area (Å²) in [5.74, 6) is 0.0138. The Morgan fingerprint density at radius 2 is 1.62 bits per heavy atom. The van der Waals surface area contributed by atoms with Crippen LogP contribution in [0.4, 0.5) is 0 Å². The zero-order valence-electron chi connectivity index (χ0n) is 17.9. The van der Waals surface area contributed by atoms with Gasteiger partial charge in [-0.05, 0) is 36.4 Å². The van der Waals surface area contributed by atoms with E-state index in [1.807, 2.05) is 12.1 Å². The van der Waals surface area contributed by atoms with Crippen molar-refractivity contribution >= 4 is 33.6 Å². The molecule has 2 amide bonds. The molecule has 0 aliphatic heterocycles. The van der Waals surface area contributed by atoms with Gasteiger partial charge in [0, 0.05) is 18.2 Å². The Hall–Kier alpha value is -4.79. The number of carbonyl (C=O) groups excluding carboxylic acids is 2. The van der Waals surface area contributed by atoms with Crippen LogP contribution in [0.25, 0.3) is 33.3 Å². The largest absolute Gasteiger partial charge is 0.463 e. The number of fused-ring (bicyclic) bond motifs is 2. The Kier molecular flexibility index (Phi) is 5.57. The van der Waals surface area contributed by atoms with E-state index in [1.165, 1.54) is 6.26 Å². The average Bonchev–Trinajstić information content (AvgIpc) is 3.40. The van der Waals surface area contributed by atoms with E-state index in [9.17, 15) is 14.4 Å². The van der Waals surface area contributed by atoms with Gasteiger partial charge >= 0.3 is 0 Å². The Balaban J connectivity index is 1.28. The van der Waals surface area contributed by atoms with Crippen LogP contribution >= 0.6 is 0 Å². The van der Waals surface area contributed by atoms with Gasteiger partial charge in [-0.1, -0.05) is 30.3 Å². The molecule has 2 aromatic carbocycles. The number of aromatic nitrogens is 3. The molecule has 0 aliphatic carbocycles. The number of hydrogen-bond donors (Lipinski definition) is 3. The topological polar surface area (TPSA) is 130 Å². The number of hydrogen-bond acceptors (Lipinski definition) is 6. The van der Waals surface area contributed by atoms with Crippen LogP contribution in [0, 0.1) is 0 Å². The first kappa shape index (κ1) is 21.1. The number of H-pyrrole nitrogens is 1. The maximum absolute atomic E-state index is 12.9. The van der Waals surface area contributed by atoms with Crippen LogP contribution in [0.1, 0.15) is 22.6 Å². The van der Waals surface area contributed by atoms with Crippen LogP contribution in [0.15, 0.2) is 82.2 Å². The van der Waals surface area contributed by atoms with E-state index in [-0.39, 0.29) is 18.4 Å². The third-order valence-electron chi connectivity index (χ3n) is 5.30. The molecule has 3 aromatic heterocycles. The lowest BCUT2D eigenvalue weighted by atomic mass is 10.1. The Bertz CT molecular complexity index is 1570. The molecule has 0 aliphatic rings. The van der Waals surface area contributed by atoms with Crippen LogP contribution in [0.3, 0.4) is 0 Å². The van der Waals surface area contributed by atoms with E-state index in [1.54, 1.807) is 54.6 Å². The average molecular weight is 453 g/mol. The van der Waals surface area contributed by atoms with Gasteiger partial charge in [-0.2, -0.15) is 0 Å². The molecule has 0 saturated heterocycles. The van der Waals surface area contributed by atoms with Crippen molar-refractivity contribution in [1.82, 2.24) is 25.8 Å². The monoisotopic (exact) mass is 453 g/mol. The molecule has 9 nitrogen and oxygen atoms in total. The smallest absolute Gasteiger partial charge is 0.270 e. The van der Waals surface area contributed by atoms with E-state index in [4.69, 9.17) is 4.42 Å². The van der Waals surface area contributed by atoms with Gasteiger partial charge in [-0.15, -0.1) is 0 Å². The molecule has 9 heteroatoms. The normalized spacial score (nSPS) is 10.9. The van der Waals surface area contributed by atoms with Crippen molar-refractivity contribution in [3.8, 4) is 11.5 Å². The molecule has 0 spiro atoms. The fourth-order valence-corrected chi connectivity index (χ4v) is 3.66. The fourth-order valence-electron chi connectivity index (χ4n) is 3.66. The second kappa shape index (κ2) is 8.99. The first-order valence-corrected chi connectivity index (χ1v) is 10.6. The molecule has 0 saturated carbocycles. The summed E-state index contributed by atoms with van der Waals surface area (Å²) in [5.41, 5.74) is 6.65. The third-order valence-corrected chi connectivity index (χ3v) is 5.30. The lowest BCUT2D eigenvalue weighted by Crippen LogP contribution is -2.41. The molecular weight excluding hydrogens is 434 g/mol. The Labute approximate surface area is 192 Å². The highest BCUT2D eigenvalue weighted by atomic mass is 16.3. The summed E-state index contributed by atoms with van der Waals surface area (Å²) in [4.78, 5) is 49.0. The summed E-state index contributed by atoms with van der Waals surface area (Å²) in [6.07, 6.45) is 1.77. The minimum atomic E-state index is -0.489. The number of benzene rings is 2. The van der Waals surface area contributed by atoms with Crippen molar-refractivity contribution in [2.24, 2.45) is 0 Å². The van der Waals surface area contributed by atoms with Crippen LogP contribution in [0.2, 0.25) is 0 Å². The Morgan fingerprint density at radius 3 is 2.38 bits per heavy atom. The minimum Gasteiger partial charge on any atom is -0.463 e. The van der Waals surface area contributed by atoms with Crippen molar-refractivity contribution < 1.29 is 14.0 Å². The van der Waals surface area contributed by atoms with Gasteiger partial charge < -0.3 is 9.40 Å². The van der Waals surface area contributed by atoms with Crippen LogP contribution in [-0.2, 0) is 11.2 Å². The van der Waals surface area contributed by atoms with Gasteiger partial charge in [0.2, 0.25) is 5.91 Å². The van der Waals surface area contributed by atoms with Gasteiger partial charge in [-0.25, -0.2) is 9.97 Å². The summed E-state index contributed by atoms with van der Waals surface area (Å²) in [5, 5.41) is 1.13. The predicted molar refractivity (Wildman–Crippen MR) is 126 cm³/mol. The summed E-state index contributed by atoms with van der Waals surface area (Å²) in [6.45, 7) is 0. The van der Waals surface area contributed by atoms with Gasteiger partial charge in [-0.3, -0.25) is 25.2 Å².